The minimum absolute atomic E-state index is 0.137. The molecule has 19 heavy (non-hydrogen) atoms. The lowest BCUT2D eigenvalue weighted by Crippen LogP contribution is -2.49. The highest BCUT2D eigenvalue weighted by atomic mass is 16.4. The second-order valence-corrected chi connectivity index (χ2v) is 5.46. The van der Waals surface area contributed by atoms with Crippen LogP contribution in [-0.2, 0) is 14.4 Å². The lowest BCUT2D eigenvalue weighted by atomic mass is 9.92. The zero-order chi connectivity index (χ0) is 14.0. The molecule has 2 unspecified atom stereocenters. The number of rotatable bonds is 4. The molecule has 0 saturated carbocycles. The molecule has 0 aromatic heterocycles. The van der Waals surface area contributed by atoms with Gasteiger partial charge in [-0.15, -0.1) is 0 Å². The summed E-state index contributed by atoms with van der Waals surface area (Å²) >= 11 is 0. The van der Waals surface area contributed by atoms with Crippen LogP contribution < -0.4 is 0 Å². The van der Waals surface area contributed by atoms with Crippen molar-refractivity contribution in [2.45, 2.75) is 38.6 Å². The van der Waals surface area contributed by atoms with E-state index >= 15 is 0 Å². The summed E-state index contributed by atoms with van der Waals surface area (Å²) < 4.78 is 0. The zero-order valence-electron chi connectivity index (χ0n) is 11.2. The number of carboxylic acid groups (broad SMARTS) is 1. The number of nitrogens with zero attached hydrogens (tertiary/aromatic N) is 2. The molecular weight excluding hydrogens is 248 g/mol. The van der Waals surface area contributed by atoms with Gasteiger partial charge in [-0.1, -0.05) is 6.92 Å². The van der Waals surface area contributed by atoms with Crippen molar-refractivity contribution in [2.24, 2.45) is 5.92 Å². The lowest BCUT2D eigenvalue weighted by Gasteiger charge is -2.36. The monoisotopic (exact) mass is 268 g/mol. The van der Waals surface area contributed by atoms with Gasteiger partial charge in [0.05, 0.1) is 0 Å². The Morgan fingerprint density at radius 1 is 1.26 bits per heavy atom. The fourth-order valence-corrected chi connectivity index (χ4v) is 2.82. The number of hydrogen-bond donors (Lipinski definition) is 1. The molecule has 0 aromatic carbocycles. The first-order valence-electron chi connectivity index (χ1n) is 6.79. The highest BCUT2D eigenvalue weighted by Crippen LogP contribution is 2.23. The average molecular weight is 268 g/mol. The Balaban J connectivity index is 1.92. The molecule has 2 fully saturated rings. The van der Waals surface area contributed by atoms with Crippen LogP contribution >= 0.6 is 0 Å². The molecule has 2 saturated heterocycles. The Kier molecular flexibility index (Phi) is 4.19. The summed E-state index contributed by atoms with van der Waals surface area (Å²) in [5, 5.41) is 9.23. The van der Waals surface area contributed by atoms with Crippen LogP contribution in [0.5, 0.6) is 0 Å². The van der Waals surface area contributed by atoms with E-state index in [1.165, 1.54) is 4.90 Å². The molecular formula is C13H20N2O4. The van der Waals surface area contributed by atoms with Crippen LogP contribution in [0.3, 0.4) is 0 Å². The van der Waals surface area contributed by atoms with Crippen LogP contribution in [0.2, 0.25) is 0 Å². The average Bonchev–Trinajstić information content (AvgIpc) is 2.68. The second-order valence-electron chi connectivity index (χ2n) is 5.46. The van der Waals surface area contributed by atoms with E-state index < -0.39 is 12.0 Å². The van der Waals surface area contributed by atoms with Crippen molar-refractivity contribution < 1.29 is 19.5 Å². The molecule has 1 N–H and O–H groups in total. The third kappa shape index (κ3) is 3.12. The van der Waals surface area contributed by atoms with Crippen molar-refractivity contribution in [1.29, 1.82) is 0 Å². The van der Waals surface area contributed by atoms with E-state index in [0.29, 0.717) is 32.0 Å². The molecule has 0 radical (unpaired) electrons. The molecule has 106 valence electrons. The molecule has 2 atom stereocenters. The highest BCUT2D eigenvalue weighted by Gasteiger charge is 2.34. The van der Waals surface area contributed by atoms with Gasteiger partial charge >= 0.3 is 5.97 Å². The van der Waals surface area contributed by atoms with Gasteiger partial charge < -0.3 is 5.11 Å². The van der Waals surface area contributed by atoms with Gasteiger partial charge in [0.25, 0.3) is 0 Å². The van der Waals surface area contributed by atoms with E-state index in [-0.39, 0.29) is 24.7 Å². The number of carbonyl (C=O) groups is 3. The summed E-state index contributed by atoms with van der Waals surface area (Å²) in [6.07, 6.45) is 2.18. The number of aliphatic carboxylic acids is 1. The van der Waals surface area contributed by atoms with Gasteiger partial charge in [0.2, 0.25) is 11.8 Å². The zero-order valence-corrected chi connectivity index (χ0v) is 11.2. The third-order valence-electron chi connectivity index (χ3n) is 4.03. The maximum Gasteiger partial charge on any atom is 0.320 e. The maximum atomic E-state index is 11.5. The van der Waals surface area contributed by atoms with Crippen LogP contribution in [0.4, 0.5) is 0 Å². The number of carboxylic acids is 1. The van der Waals surface area contributed by atoms with E-state index in [9.17, 15) is 19.5 Å². The summed E-state index contributed by atoms with van der Waals surface area (Å²) in [6.45, 7) is 3.55. The Morgan fingerprint density at radius 3 is 2.47 bits per heavy atom. The minimum atomic E-state index is -0.814. The van der Waals surface area contributed by atoms with E-state index in [2.05, 4.69) is 6.92 Å². The van der Waals surface area contributed by atoms with Crippen LogP contribution in [0.25, 0.3) is 0 Å². The number of amides is 2. The van der Waals surface area contributed by atoms with Crippen molar-refractivity contribution in [3.8, 4) is 0 Å². The second kappa shape index (κ2) is 5.69. The van der Waals surface area contributed by atoms with Crippen LogP contribution in [0.1, 0.15) is 32.6 Å². The van der Waals surface area contributed by atoms with Gasteiger partial charge in [-0.05, 0) is 25.3 Å². The van der Waals surface area contributed by atoms with E-state index in [4.69, 9.17) is 0 Å². The molecule has 0 aliphatic carbocycles. The Morgan fingerprint density at radius 2 is 1.89 bits per heavy atom. The van der Waals surface area contributed by atoms with Crippen molar-refractivity contribution in [3.05, 3.63) is 0 Å². The Bertz CT molecular complexity index is 380. The fraction of sp³-hybridized carbons (Fsp3) is 0.769. The molecule has 0 spiro atoms. The first-order chi connectivity index (χ1) is 8.99. The summed E-state index contributed by atoms with van der Waals surface area (Å²) in [5.41, 5.74) is 0. The SMILES string of the molecule is CC1CCN(CCN2C(=O)CCC2=O)C(C(=O)O)C1. The lowest BCUT2D eigenvalue weighted by molar-refractivity contribution is -0.145. The van der Waals surface area contributed by atoms with Gasteiger partial charge in [0.1, 0.15) is 6.04 Å². The number of hydrogen-bond acceptors (Lipinski definition) is 4. The third-order valence-corrected chi connectivity index (χ3v) is 4.03. The first-order valence-corrected chi connectivity index (χ1v) is 6.79. The molecule has 0 bridgehead atoms. The maximum absolute atomic E-state index is 11.5. The Labute approximate surface area is 112 Å². The van der Waals surface area contributed by atoms with Crippen molar-refractivity contribution >= 4 is 17.8 Å². The summed E-state index contributed by atoms with van der Waals surface area (Å²) in [4.78, 5) is 37.4. The molecule has 2 heterocycles. The van der Waals surface area contributed by atoms with Crippen LogP contribution in [0, 0.1) is 5.92 Å². The molecule has 0 aromatic rings. The smallest absolute Gasteiger partial charge is 0.320 e. The van der Waals surface area contributed by atoms with Crippen LogP contribution in [-0.4, -0.2) is 58.4 Å². The van der Waals surface area contributed by atoms with Gasteiger partial charge in [0.15, 0.2) is 0 Å². The number of carbonyl (C=O) groups excluding carboxylic acids is 2. The van der Waals surface area contributed by atoms with Crippen LogP contribution in [0.15, 0.2) is 0 Å². The predicted molar refractivity (Wildman–Crippen MR) is 67.3 cm³/mol. The molecule has 6 nitrogen and oxygen atoms in total. The van der Waals surface area contributed by atoms with E-state index in [1.807, 2.05) is 4.90 Å². The van der Waals surface area contributed by atoms with Gasteiger partial charge in [-0.2, -0.15) is 0 Å². The van der Waals surface area contributed by atoms with Gasteiger partial charge in [-0.3, -0.25) is 24.2 Å². The molecule has 6 heteroatoms. The van der Waals surface area contributed by atoms with Crippen molar-refractivity contribution in [2.75, 3.05) is 19.6 Å². The van der Waals surface area contributed by atoms with Crippen molar-refractivity contribution in [1.82, 2.24) is 9.80 Å². The number of piperidine rings is 1. The molecule has 2 amide bonds. The van der Waals surface area contributed by atoms with Crippen molar-refractivity contribution in [3.63, 3.8) is 0 Å². The standard InChI is InChI=1S/C13H20N2O4/c1-9-4-5-14(10(8-9)13(18)19)6-7-15-11(16)2-3-12(15)17/h9-10H,2-8H2,1H3,(H,18,19). The van der Waals surface area contributed by atoms with Gasteiger partial charge in [-0.25, -0.2) is 0 Å². The summed E-state index contributed by atoms with van der Waals surface area (Å²) in [5.74, 6) is -0.678. The van der Waals surface area contributed by atoms with E-state index in [0.717, 1.165) is 6.42 Å². The largest absolute Gasteiger partial charge is 0.480 e. The highest BCUT2D eigenvalue weighted by molar-refractivity contribution is 6.01. The van der Waals surface area contributed by atoms with Gasteiger partial charge in [0, 0.05) is 25.9 Å². The number of imide groups is 1. The Hall–Kier alpha value is -1.43. The molecule has 2 aliphatic heterocycles. The first kappa shape index (κ1) is 14.0. The number of likely N-dealkylation sites (tertiary alicyclic amines) is 2. The minimum Gasteiger partial charge on any atom is -0.480 e. The normalized spacial score (nSPS) is 29.0. The van der Waals surface area contributed by atoms with E-state index in [1.54, 1.807) is 0 Å². The predicted octanol–water partition coefficient (Wildman–Crippen LogP) is 0.320. The summed E-state index contributed by atoms with van der Waals surface area (Å²) in [7, 11) is 0. The quantitative estimate of drug-likeness (QED) is 0.743. The summed E-state index contributed by atoms with van der Waals surface area (Å²) in [6, 6.07) is -0.489. The fourth-order valence-electron chi connectivity index (χ4n) is 2.82. The topological polar surface area (TPSA) is 77.9 Å². The molecule has 2 aliphatic rings. The molecule has 2 rings (SSSR count).